The van der Waals surface area contributed by atoms with Gasteiger partial charge in [-0.25, -0.2) is 8.78 Å². The molecule has 21 heavy (non-hydrogen) atoms. The number of halogens is 3. The van der Waals surface area contributed by atoms with Crippen molar-refractivity contribution >= 4 is 45.1 Å². The molecule has 1 heterocycles. The molecule has 2 nitrogen and oxygen atoms in total. The van der Waals surface area contributed by atoms with Crippen molar-refractivity contribution in [2.24, 2.45) is 0 Å². The van der Waals surface area contributed by atoms with Gasteiger partial charge in [-0.05, 0) is 30.7 Å². The van der Waals surface area contributed by atoms with Crippen LogP contribution in [-0.2, 0) is 0 Å². The summed E-state index contributed by atoms with van der Waals surface area (Å²) in [7, 11) is 0. The van der Waals surface area contributed by atoms with Crippen LogP contribution in [-0.4, -0.2) is 11.9 Å². The largest absolute Gasteiger partial charge is 0.296 e. The maximum Gasteiger partial charge on any atom is 0.150 e. The van der Waals surface area contributed by atoms with Gasteiger partial charge in [-0.3, -0.25) is 8.61 Å². The van der Waals surface area contributed by atoms with Gasteiger partial charge in [0.25, 0.3) is 0 Å². The zero-order valence-electron chi connectivity index (χ0n) is 11.1. The molecule has 0 N–H and O–H groups in total. The number of benzene rings is 2. The van der Waals surface area contributed by atoms with Crippen LogP contribution >= 0.6 is 28.1 Å². The molecule has 3 rings (SSSR count). The number of fused-ring (bicyclic) bond motifs is 1. The number of hydrogen-bond donors (Lipinski definition) is 0. The Balaban J connectivity index is 2.02. The highest BCUT2D eigenvalue weighted by molar-refractivity contribution is 9.09. The number of alkyl halides is 1. The number of rotatable bonds is 4. The number of anilines is 3. The van der Waals surface area contributed by atoms with E-state index in [1.165, 1.54) is 30.3 Å². The molecule has 110 valence electrons. The van der Waals surface area contributed by atoms with E-state index in [1.807, 2.05) is 24.3 Å². The lowest BCUT2D eigenvalue weighted by molar-refractivity contribution is 0.588. The molecule has 6 heteroatoms. The fourth-order valence-electron chi connectivity index (χ4n) is 2.24. The Labute approximate surface area is 135 Å². The Morgan fingerprint density at radius 3 is 2.29 bits per heavy atom. The van der Waals surface area contributed by atoms with Crippen molar-refractivity contribution in [3.05, 3.63) is 54.1 Å². The van der Waals surface area contributed by atoms with Crippen molar-refractivity contribution in [1.82, 2.24) is 0 Å². The highest BCUT2D eigenvalue weighted by atomic mass is 79.9. The molecule has 0 fully saturated rings. The molecule has 0 atom stereocenters. The van der Waals surface area contributed by atoms with Crippen LogP contribution in [0.5, 0.6) is 0 Å². The third-order valence-electron chi connectivity index (χ3n) is 3.18. The van der Waals surface area contributed by atoms with Crippen molar-refractivity contribution in [2.75, 3.05) is 20.5 Å². The first-order valence-electron chi connectivity index (χ1n) is 6.57. The first-order valence-corrected chi connectivity index (χ1v) is 8.42. The summed E-state index contributed by atoms with van der Waals surface area (Å²) in [5, 5.41) is 0.889. The molecular formula is C15H13BrF2N2S. The lowest BCUT2D eigenvalue weighted by Gasteiger charge is -2.20. The zero-order valence-corrected chi connectivity index (χ0v) is 13.5. The van der Waals surface area contributed by atoms with E-state index < -0.39 is 11.6 Å². The van der Waals surface area contributed by atoms with Crippen molar-refractivity contribution in [3.63, 3.8) is 0 Å². The van der Waals surface area contributed by atoms with E-state index in [0.717, 1.165) is 29.7 Å². The van der Waals surface area contributed by atoms with Gasteiger partial charge in [0, 0.05) is 11.9 Å². The van der Waals surface area contributed by atoms with Gasteiger partial charge in [0.1, 0.15) is 5.69 Å². The van der Waals surface area contributed by atoms with Crippen LogP contribution in [0.25, 0.3) is 0 Å². The molecule has 0 aliphatic carbocycles. The third kappa shape index (κ3) is 2.74. The van der Waals surface area contributed by atoms with E-state index >= 15 is 0 Å². The minimum absolute atomic E-state index is 0.0173. The van der Waals surface area contributed by atoms with Gasteiger partial charge in [-0.15, -0.1) is 0 Å². The number of hydrogen-bond acceptors (Lipinski definition) is 3. The maximum absolute atomic E-state index is 14.1. The Hall–Kier alpha value is -1.27. The van der Waals surface area contributed by atoms with Crippen molar-refractivity contribution in [2.45, 2.75) is 6.42 Å². The van der Waals surface area contributed by atoms with Crippen LogP contribution in [0.4, 0.5) is 25.8 Å². The summed E-state index contributed by atoms with van der Waals surface area (Å²) in [5.74, 6) is -1.11. The predicted octanol–water partition coefficient (Wildman–Crippen LogP) is 5.27. The summed E-state index contributed by atoms with van der Waals surface area (Å²) < 4.78 is 31.8. The summed E-state index contributed by atoms with van der Waals surface area (Å²) in [5.41, 5.74) is 1.77. The lowest BCUT2D eigenvalue weighted by atomic mass is 10.2. The zero-order chi connectivity index (χ0) is 14.8. The maximum atomic E-state index is 14.1. The summed E-state index contributed by atoms with van der Waals surface area (Å²) in [4.78, 5) is 0. The van der Waals surface area contributed by atoms with Crippen molar-refractivity contribution < 1.29 is 8.78 Å². The van der Waals surface area contributed by atoms with Crippen molar-refractivity contribution in [1.29, 1.82) is 0 Å². The van der Waals surface area contributed by atoms with E-state index in [9.17, 15) is 8.78 Å². The molecule has 0 unspecified atom stereocenters. The topological polar surface area (TPSA) is 6.48 Å². The van der Waals surface area contributed by atoms with Gasteiger partial charge >= 0.3 is 0 Å². The molecule has 0 saturated heterocycles. The summed E-state index contributed by atoms with van der Waals surface area (Å²) in [6.45, 7) is 0.805. The molecule has 0 aromatic heterocycles. The Morgan fingerprint density at radius 2 is 1.62 bits per heavy atom. The molecule has 0 saturated carbocycles. The molecule has 0 amide bonds. The average Bonchev–Trinajstić information content (AvgIpc) is 2.84. The summed E-state index contributed by atoms with van der Waals surface area (Å²) in [6.07, 6.45) is 0.953. The standard InChI is InChI=1S/C15H13BrF2N2S/c16-9-4-10-19-13-7-1-2-8-14(13)20(21-19)15-11(17)5-3-6-12(15)18/h1-3,5-8H,4,9-10H2. The molecule has 0 radical (unpaired) electrons. The van der Waals surface area contributed by atoms with Gasteiger partial charge in [-0.2, -0.15) is 0 Å². The van der Waals surface area contributed by atoms with E-state index in [0.29, 0.717) is 0 Å². The molecule has 2 aromatic carbocycles. The second-order valence-corrected chi connectivity index (χ2v) is 6.34. The van der Waals surface area contributed by atoms with E-state index in [4.69, 9.17) is 0 Å². The van der Waals surface area contributed by atoms with Crippen LogP contribution in [0.3, 0.4) is 0 Å². The average molecular weight is 371 g/mol. The van der Waals surface area contributed by atoms with Gasteiger partial charge in [0.15, 0.2) is 11.6 Å². The van der Waals surface area contributed by atoms with Crippen LogP contribution in [0.1, 0.15) is 6.42 Å². The summed E-state index contributed by atoms with van der Waals surface area (Å²) in [6, 6.07) is 11.6. The third-order valence-corrected chi connectivity index (χ3v) is 4.86. The van der Waals surface area contributed by atoms with E-state index in [1.54, 1.807) is 4.31 Å². The van der Waals surface area contributed by atoms with Gasteiger partial charge in [-0.1, -0.05) is 34.1 Å². The smallest absolute Gasteiger partial charge is 0.150 e. The second-order valence-electron chi connectivity index (χ2n) is 4.58. The highest BCUT2D eigenvalue weighted by Crippen LogP contribution is 2.49. The fourth-order valence-corrected chi connectivity index (χ4v) is 3.64. The van der Waals surface area contributed by atoms with Crippen LogP contribution in [0.2, 0.25) is 0 Å². The van der Waals surface area contributed by atoms with E-state index in [-0.39, 0.29) is 5.69 Å². The molecule has 0 bridgehead atoms. The molecular weight excluding hydrogens is 358 g/mol. The second kappa shape index (κ2) is 6.23. The van der Waals surface area contributed by atoms with Crippen molar-refractivity contribution in [3.8, 4) is 0 Å². The normalized spacial score (nSPS) is 13.7. The minimum Gasteiger partial charge on any atom is -0.296 e. The molecule has 1 aliphatic heterocycles. The van der Waals surface area contributed by atoms with E-state index in [2.05, 4.69) is 20.2 Å². The predicted molar refractivity (Wildman–Crippen MR) is 88.3 cm³/mol. The van der Waals surface area contributed by atoms with Crippen LogP contribution < -0.4 is 8.61 Å². The number of nitrogens with zero attached hydrogens (tertiary/aromatic N) is 2. The molecule has 2 aromatic rings. The number of para-hydroxylation sites is 3. The molecule has 1 aliphatic rings. The minimum atomic E-state index is -0.556. The fraction of sp³-hybridized carbons (Fsp3) is 0.200. The van der Waals surface area contributed by atoms with Gasteiger partial charge in [0.05, 0.1) is 23.5 Å². The van der Waals surface area contributed by atoms with Gasteiger partial charge < -0.3 is 0 Å². The molecule has 0 spiro atoms. The first-order chi connectivity index (χ1) is 10.2. The lowest BCUT2D eigenvalue weighted by Crippen LogP contribution is -2.16. The Bertz CT molecular complexity index is 633. The summed E-state index contributed by atoms with van der Waals surface area (Å²) >= 11 is 4.74. The monoisotopic (exact) mass is 370 g/mol. The SMILES string of the molecule is Fc1cccc(F)c1N1SN(CCCBr)c2ccccc21. The van der Waals surface area contributed by atoms with Crippen LogP contribution in [0, 0.1) is 11.6 Å². The first kappa shape index (κ1) is 14.7. The highest BCUT2D eigenvalue weighted by Gasteiger charge is 2.31. The van der Waals surface area contributed by atoms with Crippen LogP contribution in [0.15, 0.2) is 42.5 Å². The Kier molecular flexibility index (Phi) is 4.35. The Morgan fingerprint density at radius 1 is 0.952 bits per heavy atom. The quantitative estimate of drug-likeness (QED) is 0.534. The van der Waals surface area contributed by atoms with Gasteiger partial charge in [0.2, 0.25) is 0 Å².